The summed E-state index contributed by atoms with van der Waals surface area (Å²) in [6.07, 6.45) is 10.6. The number of thioether (sulfide) groups is 1. The lowest BCUT2D eigenvalue weighted by Gasteiger charge is -2.27. The number of nitrogens with zero attached hydrogens (tertiary/aromatic N) is 2. The summed E-state index contributed by atoms with van der Waals surface area (Å²) in [4.78, 5) is 34.5. The molecular weight excluding hydrogens is 384 g/mol. The van der Waals surface area contributed by atoms with Gasteiger partial charge in [0, 0.05) is 41.9 Å². The number of carbonyl (C=O) groups is 2. The minimum Gasteiger partial charge on any atom is -0.346 e. The van der Waals surface area contributed by atoms with E-state index in [-0.39, 0.29) is 17.7 Å². The number of hydrogen-bond donors (Lipinski definition) is 2. The quantitative estimate of drug-likeness (QED) is 0.811. The van der Waals surface area contributed by atoms with Crippen LogP contribution >= 0.6 is 11.8 Å². The molecule has 4 heterocycles. The number of anilines is 1. The second-order valence-corrected chi connectivity index (χ2v) is 8.52. The monoisotopic (exact) mass is 406 g/mol. The molecule has 0 aromatic carbocycles. The Hall–Kier alpha value is -2.80. The van der Waals surface area contributed by atoms with Crippen LogP contribution in [0, 0.1) is 5.92 Å². The summed E-state index contributed by atoms with van der Waals surface area (Å²) in [5.74, 6) is 1.71. The summed E-state index contributed by atoms with van der Waals surface area (Å²) in [7, 11) is 0. The fraction of sp³-hybridized carbons (Fsp3) is 0.318. The zero-order valence-electron chi connectivity index (χ0n) is 16.0. The van der Waals surface area contributed by atoms with Crippen molar-refractivity contribution in [3.8, 4) is 0 Å². The molecule has 5 rings (SSSR count). The van der Waals surface area contributed by atoms with Crippen LogP contribution in [0.5, 0.6) is 0 Å². The molecule has 2 aromatic rings. The third-order valence-electron chi connectivity index (χ3n) is 5.56. The summed E-state index contributed by atoms with van der Waals surface area (Å²) in [6, 6.07) is 3.97. The number of H-pyrrole nitrogens is 1. The summed E-state index contributed by atoms with van der Waals surface area (Å²) >= 11 is 1.69. The normalized spacial score (nSPS) is 19.1. The maximum Gasteiger partial charge on any atom is 0.253 e. The van der Waals surface area contributed by atoms with E-state index in [1.54, 1.807) is 11.8 Å². The van der Waals surface area contributed by atoms with E-state index >= 15 is 0 Å². The van der Waals surface area contributed by atoms with E-state index in [1.807, 2.05) is 40.8 Å². The summed E-state index contributed by atoms with van der Waals surface area (Å²) in [6.45, 7) is 1.27. The Morgan fingerprint density at radius 2 is 2.17 bits per heavy atom. The van der Waals surface area contributed by atoms with Crippen LogP contribution in [0.15, 0.2) is 47.5 Å². The van der Waals surface area contributed by atoms with Gasteiger partial charge in [0.2, 0.25) is 5.91 Å². The summed E-state index contributed by atoms with van der Waals surface area (Å²) < 4.78 is 0. The predicted octanol–water partition coefficient (Wildman–Crippen LogP) is 3.71. The van der Waals surface area contributed by atoms with Gasteiger partial charge in [-0.25, -0.2) is 4.98 Å². The Kier molecular flexibility index (Phi) is 4.75. The number of amides is 2. The van der Waals surface area contributed by atoms with Crippen LogP contribution in [0.1, 0.15) is 24.8 Å². The summed E-state index contributed by atoms with van der Waals surface area (Å²) in [5, 5.41) is 5.98. The van der Waals surface area contributed by atoms with E-state index in [1.165, 1.54) is 5.57 Å². The first kappa shape index (κ1) is 18.2. The van der Waals surface area contributed by atoms with Gasteiger partial charge in [-0.3, -0.25) is 9.59 Å². The lowest BCUT2D eigenvalue weighted by Crippen LogP contribution is -2.35. The van der Waals surface area contributed by atoms with Crippen molar-refractivity contribution in [1.29, 1.82) is 0 Å². The summed E-state index contributed by atoms with van der Waals surface area (Å²) in [5.41, 5.74) is 3.81. The molecule has 0 bridgehead atoms. The first-order valence-corrected chi connectivity index (χ1v) is 11.0. The number of carbonyl (C=O) groups excluding carboxylic acids is 2. The molecule has 7 heteroatoms. The molecule has 0 atom stereocenters. The van der Waals surface area contributed by atoms with Gasteiger partial charge in [-0.15, -0.1) is 11.8 Å². The van der Waals surface area contributed by atoms with Crippen molar-refractivity contribution in [2.75, 3.05) is 24.2 Å². The molecule has 6 nitrogen and oxygen atoms in total. The van der Waals surface area contributed by atoms with E-state index in [2.05, 4.69) is 21.4 Å². The number of nitrogens with one attached hydrogen (secondary N) is 2. The molecule has 0 spiro atoms. The highest BCUT2D eigenvalue weighted by Gasteiger charge is 2.30. The zero-order chi connectivity index (χ0) is 19.8. The Morgan fingerprint density at radius 1 is 1.28 bits per heavy atom. The van der Waals surface area contributed by atoms with E-state index < -0.39 is 0 Å². The van der Waals surface area contributed by atoms with E-state index in [0.717, 1.165) is 47.2 Å². The Balaban J connectivity index is 1.39. The molecule has 1 saturated carbocycles. The third kappa shape index (κ3) is 3.74. The van der Waals surface area contributed by atoms with E-state index in [4.69, 9.17) is 0 Å². The van der Waals surface area contributed by atoms with Gasteiger partial charge in [-0.1, -0.05) is 12.2 Å². The minimum absolute atomic E-state index is 0.0516. The van der Waals surface area contributed by atoms with Crippen molar-refractivity contribution in [3.63, 3.8) is 0 Å². The molecule has 2 amide bonds. The van der Waals surface area contributed by atoms with Crippen molar-refractivity contribution in [1.82, 2.24) is 14.9 Å². The molecule has 2 aromatic heterocycles. The van der Waals surface area contributed by atoms with Crippen LogP contribution < -0.4 is 5.32 Å². The average molecular weight is 407 g/mol. The number of pyridine rings is 1. The molecule has 3 aliphatic rings. The molecule has 0 saturated heterocycles. The van der Waals surface area contributed by atoms with E-state index in [9.17, 15) is 9.59 Å². The number of fused-ring (bicyclic) bond motifs is 1. The van der Waals surface area contributed by atoms with Crippen LogP contribution in [0.4, 0.5) is 5.82 Å². The lowest BCUT2D eigenvalue weighted by molar-refractivity contribution is -0.126. The van der Waals surface area contributed by atoms with Crippen LogP contribution in [-0.2, 0) is 9.59 Å². The number of aromatic nitrogens is 2. The molecule has 29 heavy (non-hydrogen) atoms. The third-order valence-corrected chi connectivity index (χ3v) is 6.25. The predicted molar refractivity (Wildman–Crippen MR) is 116 cm³/mol. The van der Waals surface area contributed by atoms with Gasteiger partial charge in [0.05, 0.1) is 0 Å². The van der Waals surface area contributed by atoms with Crippen molar-refractivity contribution >= 4 is 46.0 Å². The van der Waals surface area contributed by atoms with Gasteiger partial charge < -0.3 is 15.2 Å². The molecule has 148 valence electrons. The minimum atomic E-state index is 0.0516. The standard InChI is InChI=1S/C22H22N4O2S/c27-21(15-1-2-15)25-19-13-18(17-3-8-23-20(17)24-19)14-4-9-26(10-5-14)22(28)16-6-11-29-12-7-16/h3-4,6-8,11,13,15H,1-2,5,9-10,12H2,(H2,23,24,25,27). The molecule has 1 fully saturated rings. The molecule has 0 unspecified atom stereocenters. The Morgan fingerprint density at radius 3 is 2.90 bits per heavy atom. The highest BCUT2D eigenvalue weighted by atomic mass is 32.2. The van der Waals surface area contributed by atoms with Gasteiger partial charge in [-0.05, 0) is 54.0 Å². The highest BCUT2D eigenvalue weighted by Crippen LogP contribution is 2.33. The number of hydrogen-bond acceptors (Lipinski definition) is 4. The van der Waals surface area contributed by atoms with Crippen LogP contribution in [-0.4, -0.2) is 45.5 Å². The topological polar surface area (TPSA) is 78.1 Å². The fourth-order valence-electron chi connectivity index (χ4n) is 3.76. The molecule has 2 aliphatic heterocycles. The maximum absolute atomic E-state index is 12.7. The van der Waals surface area contributed by atoms with Crippen LogP contribution in [0.25, 0.3) is 16.6 Å². The van der Waals surface area contributed by atoms with Crippen LogP contribution in [0.3, 0.4) is 0 Å². The average Bonchev–Trinajstić information content (AvgIpc) is 3.51. The lowest BCUT2D eigenvalue weighted by atomic mass is 9.97. The van der Waals surface area contributed by atoms with Gasteiger partial charge in [-0.2, -0.15) is 0 Å². The van der Waals surface area contributed by atoms with E-state index in [0.29, 0.717) is 18.9 Å². The maximum atomic E-state index is 12.7. The molecule has 1 aliphatic carbocycles. The first-order chi connectivity index (χ1) is 14.2. The van der Waals surface area contributed by atoms with Crippen molar-refractivity contribution in [3.05, 3.63) is 53.1 Å². The Bertz CT molecular complexity index is 1080. The van der Waals surface area contributed by atoms with Gasteiger partial charge >= 0.3 is 0 Å². The second-order valence-electron chi connectivity index (χ2n) is 7.58. The van der Waals surface area contributed by atoms with Crippen molar-refractivity contribution in [2.45, 2.75) is 19.3 Å². The van der Waals surface area contributed by atoms with Crippen molar-refractivity contribution < 1.29 is 9.59 Å². The van der Waals surface area contributed by atoms with Gasteiger partial charge in [0.1, 0.15) is 11.5 Å². The fourth-order valence-corrected chi connectivity index (χ4v) is 4.39. The molecule has 2 N–H and O–H groups in total. The number of rotatable bonds is 4. The number of aromatic amines is 1. The zero-order valence-corrected chi connectivity index (χ0v) is 16.8. The Labute approximate surface area is 173 Å². The molecule has 0 radical (unpaired) electrons. The van der Waals surface area contributed by atoms with Crippen molar-refractivity contribution in [2.24, 2.45) is 5.92 Å². The van der Waals surface area contributed by atoms with Gasteiger partial charge in [0.15, 0.2) is 0 Å². The highest BCUT2D eigenvalue weighted by molar-refractivity contribution is 8.02. The van der Waals surface area contributed by atoms with Crippen LogP contribution in [0.2, 0.25) is 0 Å². The largest absolute Gasteiger partial charge is 0.346 e. The van der Waals surface area contributed by atoms with Gasteiger partial charge in [0.25, 0.3) is 5.91 Å². The first-order valence-electron chi connectivity index (χ1n) is 9.95. The smallest absolute Gasteiger partial charge is 0.253 e. The molecular formula is C22H22N4O2S. The second kappa shape index (κ2) is 7.55. The SMILES string of the molecule is O=C(Nc1cc(C2=CCN(C(=O)C3=CCSC=C3)CC2)c2cc[nH]c2n1)C1CC1.